The van der Waals surface area contributed by atoms with Gasteiger partial charge in [0.25, 0.3) is 11.5 Å². The molecular weight excluding hydrogens is 381 g/mol. The molecule has 26 heavy (non-hydrogen) atoms. The summed E-state index contributed by atoms with van der Waals surface area (Å²) in [4.78, 5) is 43.0. The van der Waals surface area contributed by atoms with Crippen molar-refractivity contribution in [2.24, 2.45) is 14.1 Å². The number of rotatable bonds is 2. The number of nitrogens with one attached hydrogen (secondary N) is 1. The first-order valence-corrected chi connectivity index (χ1v) is 7.96. The van der Waals surface area contributed by atoms with E-state index in [9.17, 15) is 14.4 Å². The molecule has 1 unspecified atom stereocenters. The molecule has 0 radical (unpaired) electrons. The lowest BCUT2D eigenvalue weighted by atomic mass is 10.0. The van der Waals surface area contributed by atoms with Crippen LogP contribution in [-0.2, 0) is 14.1 Å². The number of carbonyl (C=O) groups is 1. The predicted molar refractivity (Wildman–Crippen MR) is 105 cm³/mol. The van der Waals surface area contributed by atoms with Gasteiger partial charge in [0.05, 0.1) is 10.9 Å². The maximum atomic E-state index is 12.7. The molecule has 1 aliphatic rings. The zero-order valence-corrected chi connectivity index (χ0v) is 16.5. The summed E-state index contributed by atoms with van der Waals surface area (Å²) >= 11 is 0. The van der Waals surface area contributed by atoms with E-state index in [0.29, 0.717) is 18.7 Å². The van der Waals surface area contributed by atoms with Crippen LogP contribution in [0.3, 0.4) is 0 Å². The van der Waals surface area contributed by atoms with E-state index in [2.05, 4.69) is 10.3 Å². The zero-order valence-electron chi connectivity index (χ0n) is 14.9. The van der Waals surface area contributed by atoms with Crippen molar-refractivity contribution in [3.05, 3.63) is 38.7 Å². The molecule has 1 fully saturated rings. The van der Waals surface area contributed by atoms with Crippen LogP contribution in [0.25, 0.3) is 11.0 Å². The molecule has 0 saturated carbocycles. The summed E-state index contributed by atoms with van der Waals surface area (Å²) in [5.41, 5.74) is -0.227. The van der Waals surface area contributed by atoms with Gasteiger partial charge in [-0.3, -0.25) is 18.7 Å². The molecule has 3 rings (SSSR count). The number of likely N-dealkylation sites (tertiary alicyclic amines) is 1. The van der Waals surface area contributed by atoms with Gasteiger partial charge in [0, 0.05) is 39.4 Å². The van der Waals surface area contributed by atoms with Crippen molar-refractivity contribution >= 4 is 41.8 Å². The SMILES string of the molecule is CNC1CCCN(C(=O)c2cnc3c(c2)c(=O)n(C)c(=O)n3C)C1.Cl.Cl. The lowest BCUT2D eigenvalue weighted by molar-refractivity contribution is 0.0698. The number of pyridine rings is 1. The Bertz CT molecular complexity index is 924. The van der Waals surface area contributed by atoms with Crippen molar-refractivity contribution in [2.45, 2.75) is 18.9 Å². The van der Waals surface area contributed by atoms with Gasteiger partial charge in [-0.15, -0.1) is 24.8 Å². The molecule has 1 amide bonds. The van der Waals surface area contributed by atoms with Crippen LogP contribution in [0, 0.1) is 0 Å². The number of hydrogen-bond acceptors (Lipinski definition) is 5. The Kier molecular flexibility index (Phi) is 7.37. The number of hydrogen-bond donors (Lipinski definition) is 1. The quantitative estimate of drug-likeness (QED) is 0.778. The largest absolute Gasteiger partial charge is 0.337 e. The number of likely N-dealkylation sites (N-methyl/N-ethyl adjacent to an activating group) is 1. The number of aryl methyl sites for hydroxylation is 1. The van der Waals surface area contributed by atoms with E-state index < -0.39 is 11.2 Å². The van der Waals surface area contributed by atoms with Crippen LogP contribution in [0.2, 0.25) is 0 Å². The lowest BCUT2D eigenvalue weighted by Crippen LogP contribution is -2.47. The first-order valence-electron chi connectivity index (χ1n) is 7.96. The molecule has 0 bridgehead atoms. The number of halogens is 2. The van der Waals surface area contributed by atoms with E-state index in [1.165, 1.54) is 23.9 Å². The maximum Gasteiger partial charge on any atom is 0.332 e. The van der Waals surface area contributed by atoms with Crippen LogP contribution >= 0.6 is 24.8 Å². The van der Waals surface area contributed by atoms with Crippen LogP contribution in [0.5, 0.6) is 0 Å². The van der Waals surface area contributed by atoms with Crippen molar-refractivity contribution in [3.8, 4) is 0 Å². The van der Waals surface area contributed by atoms with Gasteiger partial charge in [-0.05, 0) is 26.0 Å². The summed E-state index contributed by atoms with van der Waals surface area (Å²) in [6, 6.07) is 1.82. The van der Waals surface area contributed by atoms with E-state index in [1.807, 2.05) is 7.05 Å². The molecule has 1 N–H and O–H groups in total. The first-order chi connectivity index (χ1) is 11.4. The van der Waals surface area contributed by atoms with Gasteiger partial charge in [-0.2, -0.15) is 0 Å². The monoisotopic (exact) mass is 403 g/mol. The fraction of sp³-hybridized carbons (Fsp3) is 0.500. The number of carbonyl (C=O) groups excluding carboxylic acids is 1. The van der Waals surface area contributed by atoms with Crippen LogP contribution in [0.1, 0.15) is 23.2 Å². The normalized spacial score (nSPS) is 16.7. The lowest BCUT2D eigenvalue weighted by Gasteiger charge is -2.32. The second kappa shape index (κ2) is 8.66. The highest BCUT2D eigenvalue weighted by molar-refractivity contribution is 5.96. The summed E-state index contributed by atoms with van der Waals surface area (Å²) < 4.78 is 2.33. The molecule has 2 aromatic rings. The fourth-order valence-electron chi connectivity index (χ4n) is 3.16. The number of amides is 1. The number of aromatic nitrogens is 3. The van der Waals surface area contributed by atoms with Crippen molar-refractivity contribution in [2.75, 3.05) is 20.1 Å². The van der Waals surface area contributed by atoms with Gasteiger partial charge in [0.15, 0.2) is 0 Å². The smallest absolute Gasteiger partial charge is 0.332 e. The molecule has 0 aromatic carbocycles. The van der Waals surface area contributed by atoms with Crippen molar-refractivity contribution < 1.29 is 4.79 Å². The molecule has 1 aliphatic heterocycles. The zero-order chi connectivity index (χ0) is 17.4. The van der Waals surface area contributed by atoms with Gasteiger partial charge >= 0.3 is 5.69 Å². The van der Waals surface area contributed by atoms with E-state index in [4.69, 9.17) is 0 Å². The van der Waals surface area contributed by atoms with Gasteiger partial charge in [-0.1, -0.05) is 0 Å². The Balaban J connectivity index is 0.00000169. The minimum absolute atomic E-state index is 0. The molecule has 144 valence electrons. The summed E-state index contributed by atoms with van der Waals surface area (Å²) in [5.74, 6) is -0.139. The Morgan fingerprint density at radius 2 is 1.92 bits per heavy atom. The third-order valence-corrected chi connectivity index (χ3v) is 4.66. The van der Waals surface area contributed by atoms with E-state index in [0.717, 1.165) is 17.4 Å². The van der Waals surface area contributed by atoms with Crippen molar-refractivity contribution in [1.29, 1.82) is 0 Å². The van der Waals surface area contributed by atoms with Crippen molar-refractivity contribution in [1.82, 2.24) is 24.3 Å². The Morgan fingerprint density at radius 1 is 1.23 bits per heavy atom. The summed E-state index contributed by atoms with van der Waals surface area (Å²) in [6.45, 7) is 1.33. The molecule has 10 heteroatoms. The average molecular weight is 404 g/mol. The Morgan fingerprint density at radius 3 is 2.58 bits per heavy atom. The molecule has 8 nitrogen and oxygen atoms in total. The highest BCUT2D eigenvalue weighted by atomic mass is 35.5. The fourth-order valence-corrected chi connectivity index (χ4v) is 3.16. The average Bonchev–Trinajstić information content (AvgIpc) is 2.63. The Hall–Kier alpha value is -1.90. The highest BCUT2D eigenvalue weighted by Gasteiger charge is 2.24. The molecule has 3 heterocycles. The molecule has 2 aromatic heterocycles. The summed E-state index contributed by atoms with van der Waals surface area (Å²) in [6.07, 6.45) is 3.42. The molecule has 1 saturated heterocycles. The molecule has 0 spiro atoms. The molecular formula is C16H23Cl2N5O3. The summed E-state index contributed by atoms with van der Waals surface area (Å²) in [5, 5.41) is 3.47. The Labute approximate surface area is 163 Å². The van der Waals surface area contributed by atoms with Gasteiger partial charge in [0.2, 0.25) is 0 Å². The number of piperidine rings is 1. The molecule has 1 atom stereocenters. The minimum atomic E-state index is -0.443. The van der Waals surface area contributed by atoms with Gasteiger partial charge in [-0.25, -0.2) is 9.78 Å². The minimum Gasteiger partial charge on any atom is -0.337 e. The standard InChI is InChI=1S/C16H21N5O3.2ClH/c1-17-11-5-4-6-21(9-11)14(22)10-7-12-13(18-8-10)19(2)16(24)20(3)15(12)23;;/h7-8,11,17H,4-6,9H2,1-3H3;2*1H. The highest BCUT2D eigenvalue weighted by Crippen LogP contribution is 2.15. The first kappa shape index (κ1) is 22.1. The number of fused-ring (bicyclic) bond motifs is 1. The van der Waals surface area contributed by atoms with Crippen molar-refractivity contribution in [3.63, 3.8) is 0 Å². The third-order valence-electron chi connectivity index (χ3n) is 4.66. The van der Waals surface area contributed by atoms with E-state index >= 15 is 0 Å². The van der Waals surface area contributed by atoms with Crippen LogP contribution in [0.15, 0.2) is 21.9 Å². The van der Waals surface area contributed by atoms with Crippen LogP contribution in [-0.4, -0.2) is 51.1 Å². The summed E-state index contributed by atoms with van der Waals surface area (Å²) in [7, 11) is 4.86. The number of nitrogens with zero attached hydrogens (tertiary/aromatic N) is 4. The van der Waals surface area contributed by atoms with E-state index in [1.54, 1.807) is 11.9 Å². The maximum absolute atomic E-state index is 12.7. The van der Waals surface area contributed by atoms with E-state index in [-0.39, 0.29) is 47.8 Å². The van der Waals surface area contributed by atoms with Gasteiger partial charge < -0.3 is 10.2 Å². The van der Waals surface area contributed by atoms with Crippen LogP contribution < -0.4 is 16.6 Å². The van der Waals surface area contributed by atoms with Gasteiger partial charge in [0.1, 0.15) is 5.65 Å². The second-order valence-corrected chi connectivity index (χ2v) is 6.18. The second-order valence-electron chi connectivity index (χ2n) is 6.18. The predicted octanol–water partition coefficient (Wildman–Crippen LogP) is 0.300. The third kappa shape index (κ3) is 3.77. The topological polar surface area (TPSA) is 89.2 Å². The molecule has 0 aliphatic carbocycles. The van der Waals surface area contributed by atoms with Crippen LogP contribution in [0.4, 0.5) is 0 Å².